The van der Waals surface area contributed by atoms with Crippen molar-refractivity contribution in [2.45, 2.75) is 50.2 Å². The van der Waals surface area contributed by atoms with E-state index in [1.54, 1.807) is 0 Å². The lowest BCUT2D eigenvalue weighted by atomic mass is 9.86. The van der Waals surface area contributed by atoms with Crippen LogP contribution in [0.25, 0.3) is 11.5 Å². The third kappa shape index (κ3) is 2.95. The molecule has 144 valence electrons. The zero-order chi connectivity index (χ0) is 19.3. The first-order valence-corrected chi connectivity index (χ1v) is 8.33. The molecule has 0 radical (unpaired) electrons. The molecule has 4 rings (SSSR count). The number of rotatable bonds is 3. The number of halogens is 4. The molecule has 0 aromatic carbocycles. The minimum atomic E-state index is -3.09. The van der Waals surface area contributed by atoms with Crippen LogP contribution < -0.4 is 5.73 Å². The van der Waals surface area contributed by atoms with Gasteiger partial charge in [-0.1, -0.05) is 0 Å². The molecular formula is C16H15F4N5O2. The Labute approximate surface area is 150 Å². The van der Waals surface area contributed by atoms with E-state index in [9.17, 15) is 22.4 Å². The van der Waals surface area contributed by atoms with Gasteiger partial charge in [0.15, 0.2) is 0 Å². The molecule has 3 heterocycles. The number of hydrogen-bond acceptors (Lipinski definition) is 6. The van der Waals surface area contributed by atoms with Crippen LogP contribution in [0.15, 0.2) is 16.7 Å². The predicted octanol–water partition coefficient (Wildman–Crippen LogP) is 2.54. The molecular weight excluding hydrogens is 370 g/mol. The molecule has 2 N–H and O–H groups in total. The van der Waals surface area contributed by atoms with Gasteiger partial charge >= 0.3 is 6.43 Å². The molecule has 1 fully saturated rings. The van der Waals surface area contributed by atoms with E-state index in [2.05, 4.69) is 15.2 Å². The number of carbonyl (C=O) groups excluding carboxylic acids is 1. The Balaban J connectivity index is 1.64. The van der Waals surface area contributed by atoms with Gasteiger partial charge in [0.05, 0.1) is 23.4 Å². The predicted molar refractivity (Wildman–Crippen MR) is 82.9 cm³/mol. The quantitative estimate of drug-likeness (QED) is 0.816. The van der Waals surface area contributed by atoms with Crippen LogP contribution in [0.1, 0.15) is 47.6 Å². The van der Waals surface area contributed by atoms with Crippen molar-refractivity contribution in [2.75, 3.05) is 0 Å². The summed E-state index contributed by atoms with van der Waals surface area (Å²) in [5.41, 5.74) is 6.45. The fourth-order valence-corrected chi connectivity index (χ4v) is 3.62. The Kier molecular flexibility index (Phi) is 4.13. The minimum absolute atomic E-state index is 0.0888. The highest BCUT2D eigenvalue weighted by Gasteiger charge is 2.52. The number of fused-ring (bicyclic) bond motifs is 1. The van der Waals surface area contributed by atoms with Gasteiger partial charge < -0.3 is 15.1 Å². The number of nitrogens with two attached hydrogens (primary N) is 1. The van der Waals surface area contributed by atoms with Crippen LogP contribution in [0.3, 0.4) is 0 Å². The first-order valence-electron chi connectivity index (χ1n) is 8.33. The monoisotopic (exact) mass is 385 g/mol. The summed E-state index contributed by atoms with van der Waals surface area (Å²) in [6, 6.07) is -0.916. The topological polar surface area (TPSA) is 98.1 Å². The fourth-order valence-electron chi connectivity index (χ4n) is 3.62. The SMILES string of the molecule is N[C@@H]1CCCC(F)(F)[C@H]1N1Cc2ncc(-c3nnc(C(F)F)o3)cc2C1=O. The average Bonchev–Trinajstić information content (AvgIpc) is 3.20. The Morgan fingerprint density at radius 1 is 1.33 bits per heavy atom. The van der Waals surface area contributed by atoms with E-state index in [0.717, 1.165) is 4.90 Å². The van der Waals surface area contributed by atoms with Crippen LogP contribution in [0, 0.1) is 0 Å². The summed E-state index contributed by atoms with van der Waals surface area (Å²) in [4.78, 5) is 17.9. The largest absolute Gasteiger partial charge is 0.415 e. The van der Waals surface area contributed by atoms with Crippen molar-refractivity contribution in [2.24, 2.45) is 5.73 Å². The van der Waals surface area contributed by atoms with Gasteiger partial charge in [0.2, 0.25) is 5.89 Å². The third-order valence-corrected chi connectivity index (χ3v) is 4.88. The molecule has 2 atom stereocenters. The van der Waals surface area contributed by atoms with E-state index >= 15 is 0 Å². The van der Waals surface area contributed by atoms with Crippen LogP contribution >= 0.6 is 0 Å². The standard InChI is InChI=1S/C16H15F4N5O2/c17-12(18)14-24-23-13(27-14)7-4-8-10(22-5-7)6-25(15(8)26)11-9(21)2-1-3-16(11,19)20/h4-5,9,11-12H,1-3,6,21H2/t9-,11+/m1/s1. The summed E-state index contributed by atoms with van der Waals surface area (Å²) in [6.07, 6.45) is -1.29. The van der Waals surface area contributed by atoms with Gasteiger partial charge in [-0.05, 0) is 18.9 Å². The molecule has 1 saturated carbocycles. The summed E-state index contributed by atoms with van der Waals surface area (Å²) in [6.45, 7) is -0.0888. The lowest BCUT2D eigenvalue weighted by Gasteiger charge is -2.41. The number of nitrogens with zero attached hydrogens (tertiary/aromatic N) is 4. The van der Waals surface area contributed by atoms with Crippen molar-refractivity contribution in [1.29, 1.82) is 0 Å². The molecule has 0 saturated heterocycles. The second-order valence-corrected chi connectivity index (χ2v) is 6.66. The molecule has 0 unspecified atom stereocenters. The number of pyridine rings is 1. The third-order valence-electron chi connectivity index (χ3n) is 4.88. The van der Waals surface area contributed by atoms with Gasteiger partial charge in [0.1, 0.15) is 6.04 Å². The first-order chi connectivity index (χ1) is 12.8. The highest BCUT2D eigenvalue weighted by atomic mass is 19.3. The maximum atomic E-state index is 14.4. The van der Waals surface area contributed by atoms with Crippen molar-refractivity contribution in [3.63, 3.8) is 0 Å². The molecule has 1 aliphatic heterocycles. The maximum Gasteiger partial charge on any atom is 0.314 e. The summed E-state index contributed by atoms with van der Waals surface area (Å²) >= 11 is 0. The summed E-state index contributed by atoms with van der Waals surface area (Å²) in [7, 11) is 0. The molecule has 1 amide bonds. The average molecular weight is 385 g/mol. The number of aromatic nitrogens is 3. The molecule has 27 heavy (non-hydrogen) atoms. The van der Waals surface area contributed by atoms with Crippen LogP contribution in [0.2, 0.25) is 0 Å². The number of alkyl halides is 4. The Morgan fingerprint density at radius 3 is 2.78 bits per heavy atom. The van der Waals surface area contributed by atoms with E-state index < -0.39 is 36.2 Å². The van der Waals surface area contributed by atoms with E-state index in [0.29, 0.717) is 18.5 Å². The molecule has 0 bridgehead atoms. The molecule has 2 aromatic rings. The second kappa shape index (κ2) is 6.25. The molecule has 2 aliphatic rings. The van der Waals surface area contributed by atoms with E-state index in [1.807, 2.05) is 0 Å². The Hall–Kier alpha value is -2.56. The van der Waals surface area contributed by atoms with Gasteiger partial charge in [-0.2, -0.15) is 8.78 Å². The molecule has 1 aliphatic carbocycles. The summed E-state index contributed by atoms with van der Waals surface area (Å²) < 4.78 is 58.8. The first kappa shape index (κ1) is 17.8. The second-order valence-electron chi connectivity index (χ2n) is 6.66. The van der Waals surface area contributed by atoms with Crippen LogP contribution in [0.4, 0.5) is 17.6 Å². The van der Waals surface area contributed by atoms with E-state index in [-0.39, 0.29) is 30.0 Å². The maximum absolute atomic E-state index is 14.4. The number of hydrogen-bond donors (Lipinski definition) is 1. The Bertz CT molecular complexity index is 887. The number of carbonyl (C=O) groups is 1. The van der Waals surface area contributed by atoms with Crippen LogP contribution in [-0.2, 0) is 6.54 Å². The van der Waals surface area contributed by atoms with E-state index in [1.165, 1.54) is 12.3 Å². The van der Waals surface area contributed by atoms with Gasteiger partial charge in [-0.25, -0.2) is 8.78 Å². The highest BCUT2D eigenvalue weighted by Crippen LogP contribution is 2.39. The fraction of sp³-hybridized carbons (Fsp3) is 0.500. The zero-order valence-corrected chi connectivity index (χ0v) is 13.9. The molecule has 2 aromatic heterocycles. The summed E-state index contributed by atoms with van der Waals surface area (Å²) in [5, 5.41) is 6.72. The van der Waals surface area contributed by atoms with Crippen molar-refractivity contribution in [3.8, 4) is 11.5 Å². The summed E-state index contributed by atoms with van der Waals surface area (Å²) in [5.74, 6) is -4.80. The van der Waals surface area contributed by atoms with Crippen molar-refractivity contribution in [1.82, 2.24) is 20.1 Å². The van der Waals surface area contributed by atoms with Gasteiger partial charge in [0, 0.05) is 18.7 Å². The molecule has 7 nitrogen and oxygen atoms in total. The zero-order valence-electron chi connectivity index (χ0n) is 13.9. The number of amides is 1. The van der Waals surface area contributed by atoms with Gasteiger partial charge in [0.25, 0.3) is 17.7 Å². The van der Waals surface area contributed by atoms with Gasteiger partial charge in [-0.3, -0.25) is 9.78 Å². The van der Waals surface area contributed by atoms with Crippen molar-refractivity contribution < 1.29 is 26.8 Å². The molecule has 11 heteroatoms. The van der Waals surface area contributed by atoms with Crippen LogP contribution in [-0.4, -0.2) is 44.0 Å². The highest BCUT2D eigenvalue weighted by molar-refractivity contribution is 5.99. The lowest BCUT2D eigenvalue weighted by Crippen LogP contribution is -2.59. The van der Waals surface area contributed by atoms with Gasteiger partial charge in [-0.15, -0.1) is 10.2 Å². The normalized spacial score (nSPS) is 24.5. The Morgan fingerprint density at radius 2 is 2.11 bits per heavy atom. The lowest BCUT2D eigenvalue weighted by molar-refractivity contribution is -0.104. The van der Waals surface area contributed by atoms with E-state index in [4.69, 9.17) is 10.2 Å². The van der Waals surface area contributed by atoms with Crippen molar-refractivity contribution >= 4 is 5.91 Å². The van der Waals surface area contributed by atoms with Crippen molar-refractivity contribution in [3.05, 3.63) is 29.4 Å². The van der Waals surface area contributed by atoms with Crippen LogP contribution in [0.5, 0.6) is 0 Å². The smallest absolute Gasteiger partial charge is 0.314 e. The minimum Gasteiger partial charge on any atom is -0.415 e. The molecule has 0 spiro atoms.